The first-order valence-electron chi connectivity index (χ1n) is 6.45. The Morgan fingerprint density at radius 2 is 2.26 bits per heavy atom. The number of nitrogens with one attached hydrogen (secondary N) is 1. The van der Waals surface area contributed by atoms with E-state index in [-0.39, 0.29) is 11.3 Å². The van der Waals surface area contributed by atoms with Crippen LogP contribution < -0.4 is 10.9 Å². The maximum atomic E-state index is 13.1. The van der Waals surface area contributed by atoms with Crippen molar-refractivity contribution >= 4 is 29.0 Å². The number of anilines is 1. The van der Waals surface area contributed by atoms with Crippen molar-refractivity contribution in [1.82, 2.24) is 9.55 Å². The summed E-state index contributed by atoms with van der Waals surface area (Å²) in [5.74, 6) is -0.938. The molecular weight excluding hydrogens is 327 g/mol. The highest BCUT2D eigenvalue weighted by atomic mass is 32.2. The number of rotatable bonds is 3. The van der Waals surface area contributed by atoms with Gasteiger partial charge in [0, 0.05) is 18.5 Å². The normalized spacial score (nSPS) is 12.7. The average molecular weight is 336 g/mol. The Hall–Kier alpha value is -2.75. The standard InChI is InChI=1S/C13H9FN4O4S/c14-7-1-2-9(10(5-7)18(21)22)16-11(19)8-6-15-13-17(12(8)20)3-4-23-13/h1-2,5-6H,3-4H2,(H,16,19). The van der Waals surface area contributed by atoms with Crippen LogP contribution in [-0.2, 0) is 6.54 Å². The van der Waals surface area contributed by atoms with E-state index in [0.717, 1.165) is 18.3 Å². The second-order valence-electron chi connectivity index (χ2n) is 4.63. The summed E-state index contributed by atoms with van der Waals surface area (Å²) in [6, 6.07) is 2.74. The van der Waals surface area contributed by atoms with Crippen molar-refractivity contribution in [2.24, 2.45) is 0 Å². The lowest BCUT2D eigenvalue weighted by atomic mass is 10.2. The van der Waals surface area contributed by atoms with E-state index in [1.54, 1.807) is 0 Å². The predicted octanol–water partition coefficient (Wildman–Crippen LogP) is 1.65. The van der Waals surface area contributed by atoms with Crippen LogP contribution in [0.5, 0.6) is 0 Å². The van der Waals surface area contributed by atoms with Gasteiger partial charge in [-0.3, -0.25) is 24.3 Å². The number of nitrogens with zero attached hydrogens (tertiary/aromatic N) is 3. The molecule has 1 aromatic heterocycles. The molecule has 2 heterocycles. The van der Waals surface area contributed by atoms with Gasteiger partial charge in [0.05, 0.1) is 11.0 Å². The van der Waals surface area contributed by atoms with E-state index in [0.29, 0.717) is 23.5 Å². The molecular formula is C13H9FN4O4S. The van der Waals surface area contributed by atoms with Gasteiger partial charge in [-0.05, 0) is 12.1 Å². The minimum atomic E-state index is -0.829. The Labute approximate surface area is 132 Å². The maximum Gasteiger partial charge on any atom is 0.295 e. The summed E-state index contributed by atoms with van der Waals surface area (Å²) < 4.78 is 14.5. The van der Waals surface area contributed by atoms with E-state index in [2.05, 4.69) is 10.3 Å². The molecule has 0 spiro atoms. The molecule has 1 N–H and O–H groups in total. The van der Waals surface area contributed by atoms with E-state index < -0.39 is 27.9 Å². The first kappa shape index (κ1) is 15.2. The fraction of sp³-hybridized carbons (Fsp3) is 0.154. The minimum absolute atomic E-state index is 0.194. The molecule has 0 aliphatic carbocycles. The fourth-order valence-corrected chi connectivity index (χ4v) is 3.04. The van der Waals surface area contributed by atoms with Crippen molar-refractivity contribution in [3.8, 4) is 0 Å². The monoisotopic (exact) mass is 336 g/mol. The van der Waals surface area contributed by atoms with Crippen LogP contribution in [-0.4, -0.2) is 26.1 Å². The minimum Gasteiger partial charge on any atom is -0.316 e. The molecule has 0 bridgehead atoms. The van der Waals surface area contributed by atoms with Crippen LogP contribution in [0, 0.1) is 15.9 Å². The quantitative estimate of drug-likeness (QED) is 0.519. The molecule has 1 aliphatic rings. The molecule has 0 saturated heterocycles. The largest absolute Gasteiger partial charge is 0.316 e. The lowest BCUT2D eigenvalue weighted by Gasteiger charge is -2.07. The Morgan fingerprint density at radius 3 is 3.00 bits per heavy atom. The van der Waals surface area contributed by atoms with Crippen molar-refractivity contribution in [2.75, 3.05) is 11.1 Å². The third kappa shape index (κ3) is 2.80. The van der Waals surface area contributed by atoms with Gasteiger partial charge in [0.25, 0.3) is 17.2 Å². The summed E-state index contributed by atoms with van der Waals surface area (Å²) in [5.41, 5.74) is -1.53. The summed E-state index contributed by atoms with van der Waals surface area (Å²) in [6.45, 7) is 0.448. The smallest absolute Gasteiger partial charge is 0.295 e. The van der Waals surface area contributed by atoms with Gasteiger partial charge in [-0.15, -0.1) is 0 Å². The average Bonchev–Trinajstić information content (AvgIpc) is 2.98. The second-order valence-corrected chi connectivity index (χ2v) is 5.69. The zero-order valence-electron chi connectivity index (χ0n) is 11.5. The molecule has 8 nitrogen and oxygen atoms in total. The van der Waals surface area contributed by atoms with Gasteiger partial charge < -0.3 is 5.32 Å². The fourth-order valence-electron chi connectivity index (χ4n) is 2.12. The predicted molar refractivity (Wildman–Crippen MR) is 80.2 cm³/mol. The molecule has 1 aromatic carbocycles. The molecule has 0 unspecified atom stereocenters. The number of nitro benzene ring substituents is 1. The van der Waals surface area contributed by atoms with Gasteiger partial charge in [0.15, 0.2) is 5.16 Å². The number of benzene rings is 1. The number of aromatic nitrogens is 2. The van der Waals surface area contributed by atoms with Gasteiger partial charge in [-0.25, -0.2) is 9.37 Å². The molecule has 118 valence electrons. The third-order valence-corrected chi connectivity index (χ3v) is 4.18. The highest BCUT2D eigenvalue weighted by molar-refractivity contribution is 7.99. The Morgan fingerprint density at radius 1 is 1.48 bits per heavy atom. The molecule has 0 atom stereocenters. The van der Waals surface area contributed by atoms with Crippen LogP contribution in [0.3, 0.4) is 0 Å². The van der Waals surface area contributed by atoms with Crippen molar-refractivity contribution in [3.63, 3.8) is 0 Å². The highest BCUT2D eigenvalue weighted by Gasteiger charge is 2.22. The Balaban J connectivity index is 1.95. The number of halogens is 1. The first-order valence-corrected chi connectivity index (χ1v) is 7.44. The number of amides is 1. The van der Waals surface area contributed by atoms with Gasteiger partial charge in [0.1, 0.15) is 17.1 Å². The summed E-state index contributed by atoms with van der Waals surface area (Å²) in [4.78, 5) is 38.6. The van der Waals surface area contributed by atoms with E-state index in [4.69, 9.17) is 0 Å². The molecule has 1 amide bonds. The molecule has 1 aliphatic heterocycles. The summed E-state index contributed by atoms with van der Waals surface area (Å²) >= 11 is 1.40. The van der Waals surface area contributed by atoms with E-state index in [1.165, 1.54) is 16.3 Å². The van der Waals surface area contributed by atoms with Crippen LogP contribution in [0.1, 0.15) is 10.4 Å². The van der Waals surface area contributed by atoms with E-state index in [9.17, 15) is 24.1 Å². The van der Waals surface area contributed by atoms with Crippen LogP contribution >= 0.6 is 11.8 Å². The van der Waals surface area contributed by atoms with Crippen molar-refractivity contribution in [2.45, 2.75) is 11.7 Å². The molecule has 0 radical (unpaired) electrons. The van der Waals surface area contributed by atoms with Crippen LogP contribution in [0.25, 0.3) is 0 Å². The van der Waals surface area contributed by atoms with E-state index in [1.807, 2.05) is 0 Å². The van der Waals surface area contributed by atoms with Crippen LogP contribution in [0.4, 0.5) is 15.8 Å². The van der Waals surface area contributed by atoms with E-state index >= 15 is 0 Å². The zero-order chi connectivity index (χ0) is 16.6. The number of hydrogen-bond acceptors (Lipinski definition) is 6. The second kappa shape index (κ2) is 5.80. The molecule has 10 heteroatoms. The molecule has 0 fully saturated rings. The Kier molecular flexibility index (Phi) is 3.82. The lowest BCUT2D eigenvalue weighted by Crippen LogP contribution is -2.29. The first-order chi connectivity index (χ1) is 11.0. The number of fused-ring (bicyclic) bond motifs is 1. The zero-order valence-corrected chi connectivity index (χ0v) is 12.3. The lowest BCUT2D eigenvalue weighted by molar-refractivity contribution is -0.384. The maximum absolute atomic E-state index is 13.1. The molecule has 3 rings (SSSR count). The number of thioether (sulfide) groups is 1. The van der Waals surface area contributed by atoms with Crippen LogP contribution in [0.15, 0.2) is 34.3 Å². The van der Waals surface area contributed by atoms with Gasteiger partial charge in [-0.1, -0.05) is 11.8 Å². The molecule has 23 heavy (non-hydrogen) atoms. The van der Waals surface area contributed by atoms with Crippen molar-refractivity contribution in [1.29, 1.82) is 0 Å². The van der Waals surface area contributed by atoms with Crippen molar-refractivity contribution in [3.05, 3.63) is 56.2 Å². The number of carbonyl (C=O) groups excluding carboxylic acids is 1. The topological polar surface area (TPSA) is 107 Å². The SMILES string of the molecule is O=C(Nc1ccc(F)cc1[N+](=O)[O-])c1cnc2n(c1=O)CCS2. The summed E-state index contributed by atoms with van der Waals surface area (Å²) in [5, 5.41) is 13.7. The highest BCUT2D eigenvalue weighted by Crippen LogP contribution is 2.25. The Bertz CT molecular complexity index is 883. The van der Waals surface area contributed by atoms with Crippen LogP contribution in [0.2, 0.25) is 0 Å². The van der Waals surface area contributed by atoms with Gasteiger partial charge in [0.2, 0.25) is 0 Å². The number of carbonyl (C=O) groups is 1. The summed E-state index contributed by atoms with van der Waals surface area (Å²) in [7, 11) is 0. The molecule has 2 aromatic rings. The van der Waals surface area contributed by atoms with Crippen molar-refractivity contribution < 1.29 is 14.1 Å². The molecule has 0 saturated carbocycles. The van der Waals surface area contributed by atoms with Gasteiger partial charge >= 0.3 is 0 Å². The number of nitro groups is 1. The summed E-state index contributed by atoms with van der Waals surface area (Å²) in [6.07, 6.45) is 1.14. The third-order valence-electron chi connectivity index (χ3n) is 3.21. The number of hydrogen-bond donors (Lipinski definition) is 1. The van der Waals surface area contributed by atoms with Gasteiger partial charge in [-0.2, -0.15) is 0 Å².